The monoisotopic (exact) mass is 536 g/mol. The summed E-state index contributed by atoms with van der Waals surface area (Å²) >= 11 is 0. The maximum Gasteiger partial charge on any atom is 0.162 e. The first-order valence-electron chi connectivity index (χ1n) is 14.5. The zero-order chi connectivity index (χ0) is 27.1. The van der Waals surface area contributed by atoms with Crippen LogP contribution in [0.4, 0.5) is 23.0 Å². The van der Waals surface area contributed by atoms with Crippen LogP contribution in [0.5, 0.6) is 0 Å². The number of pyridine rings is 2. The Labute approximate surface area is 234 Å². The molecule has 5 heterocycles. The highest BCUT2D eigenvalue weighted by Gasteiger charge is 2.30. The quantitative estimate of drug-likeness (QED) is 0.371. The third kappa shape index (κ3) is 5.19. The van der Waals surface area contributed by atoms with Crippen LogP contribution in [0, 0.1) is 0 Å². The Morgan fingerprint density at radius 1 is 0.925 bits per heavy atom. The number of aliphatic hydroxyl groups is 1. The Morgan fingerprint density at radius 3 is 2.62 bits per heavy atom. The lowest BCUT2D eigenvalue weighted by atomic mass is 10.0. The van der Waals surface area contributed by atoms with E-state index < -0.39 is 0 Å². The minimum atomic E-state index is -0.341. The minimum Gasteiger partial charge on any atom is -0.391 e. The Morgan fingerprint density at radius 2 is 1.80 bits per heavy atom. The van der Waals surface area contributed by atoms with Gasteiger partial charge in [-0.1, -0.05) is 6.07 Å². The highest BCUT2D eigenvalue weighted by molar-refractivity contribution is 5.94. The molecule has 0 spiro atoms. The molecule has 3 fully saturated rings. The molecular weight excluding hydrogens is 500 g/mol. The predicted octanol–water partition coefficient (Wildman–Crippen LogP) is 4.42. The lowest BCUT2D eigenvalue weighted by molar-refractivity contribution is 0.154. The summed E-state index contributed by atoms with van der Waals surface area (Å²) in [6, 6.07) is 12.5. The number of β-amino-alcohol motifs (C(OH)–C–C–N with tert-alkyl or cyclic N) is 1. The molecular formula is C31H36N8O. The SMILES string of the molecule is CN1CCN(c2cccc(Nc3cc(-c4nc(N5CCCC(O)C5)c5c(C6CC6)cncc5n4)ccn3)c2)CC1. The normalized spacial score (nSPS) is 20.2. The van der Waals surface area contributed by atoms with E-state index in [2.05, 4.69) is 61.3 Å². The van der Waals surface area contributed by atoms with Crippen LogP contribution in [-0.2, 0) is 0 Å². The van der Waals surface area contributed by atoms with E-state index in [1.165, 1.54) is 24.1 Å². The largest absolute Gasteiger partial charge is 0.391 e. The van der Waals surface area contributed by atoms with Crippen molar-refractivity contribution < 1.29 is 5.11 Å². The van der Waals surface area contributed by atoms with Crippen LogP contribution in [0.3, 0.4) is 0 Å². The molecule has 2 saturated heterocycles. The molecule has 1 unspecified atom stereocenters. The number of piperazine rings is 1. The molecule has 40 heavy (non-hydrogen) atoms. The van der Waals surface area contributed by atoms with Crippen molar-refractivity contribution >= 4 is 33.9 Å². The van der Waals surface area contributed by atoms with Gasteiger partial charge in [0.05, 0.1) is 17.8 Å². The summed E-state index contributed by atoms with van der Waals surface area (Å²) in [5, 5.41) is 15.0. The molecule has 0 bridgehead atoms. The number of rotatable bonds is 6. The number of nitrogens with one attached hydrogen (secondary N) is 1. The maximum atomic E-state index is 10.5. The molecule has 9 heteroatoms. The van der Waals surface area contributed by atoms with Gasteiger partial charge in [0.25, 0.3) is 0 Å². The van der Waals surface area contributed by atoms with Gasteiger partial charge in [-0.15, -0.1) is 0 Å². The first-order valence-corrected chi connectivity index (χ1v) is 14.5. The molecule has 1 aromatic carbocycles. The van der Waals surface area contributed by atoms with Crippen molar-refractivity contribution in [3.63, 3.8) is 0 Å². The summed E-state index contributed by atoms with van der Waals surface area (Å²) in [7, 11) is 2.18. The van der Waals surface area contributed by atoms with Gasteiger partial charge in [-0.2, -0.15) is 0 Å². The maximum absolute atomic E-state index is 10.5. The smallest absolute Gasteiger partial charge is 0.162 e. The Kier molecular flexibility index (Phi) is 6.69. The van der Waals surface area contributed by atoms with Gasteiger partial charge in [-0.05, 0) is 74.5 Å². The molecule has 0 amide bonds. The van der Waals surface area contributed by atoms with Crippen molar-refractivity contribution in [1.82, 2.24) is 24.8 Å². The molecule has 2 aliphatic heterocycles. The van der Waals surface area contributed by atoms with E-state index >= 15 is 0 Å². The molecule has 1 aliphatic carbocycles. The van der Waals surface area contributed by atoms with Crippen LogP contribution >= 0.6 is 0 Å². The fourth-order valence-corrected chi connectivity index (χ4v) is 5.93. The van der Waals surface area contributed by atoms with E-state index in [-0.39, 0.29) is 6.10 Å². The van der Waals surface area contributed by atoms with Crippen molar-refractivity contribution in [2.45, 2.75) is 37.7 Å². The number of benzene rings is 1. The molecule has 206 valence electrons. The number of aromatic nitrogens is 4. The second-order valence-corrected chi connectivity index (χ2v) is 11.4. The van der Waals surface area contributed by atoms with E-state index in [0.717, 1.165) is 79.4 Å². The molecule has 1 saturated carbocycles. The number of hydrogen-bond donors (Lipinski definition) is 2. The number of fused-ring (bicyclic) bond motifs is 1. The van der Waals surface area contributed by atoms with Gasteiger partial charge in [-0.25, -0.2) is 15.0 Å². The van der Waals surface area contributed by atoms with Crippen molar-refractivity contribution in [3.05, 3.63) is 60.6 Å². The van der Waals surface area contributed by atoms with Gasteiger partial charge in [0.15, 0.2) is 5.82 Å². The van der Waals surface area contributed by atoms with Gasteiger partial charge in [-0.3, -0.25) is 4.98 Å². The number of nitrogens with zero attached hydrogens (tertiary/aromatic N) is 7. The summed E-state index contributed by atoms with van der Waals surface area (Å²) in [5.41, 5.74) is 5.21. The summed E-state index contributed by atoms with van der Waals surface area (Å²) < 4.78 is 0. The highest BCUT2D eigenvalue weighted by Crippen LogP contribution is 2.45. The summed E-state index contributed by atoms with van der Waals surface area (Å²) in [6.45, 7) is 5.67. The van der Waals surface area contributed by atoms with Gasteiger partial charge < -0.3 is 25.1 Å². The van der Waals surface area contributed by atoms with Crippen molar-refractivity contribution in [3.8, 4) is 11.4 Å². The van der Waals surface area contributed by atoms with E-state index in [0.29, 0.717) is 18.3 Å². The van der Waals surface area contributed by atoms with Gasteiger partial charge in [0, 0.05) is 74.0 Å². The summed E-state index contributed by atoms with van der Waals surface area (Å²) in [4.78, 5) is 26.3. The average Bonchev–Trinajstić information content (AvgIpc) is 3.83. The highest BCUT2D eigenvalue weighted by atomic mass is 16.3. The zero-order valence-corrected chi connectivity index (χ0v) is 23.0. The van der Waals surface area contributed by atoms with Gasteiger partial charge in [0.2, 0.25) is 0 Å². The average molecular weight is 537 g/mol. The molecule has 0 radical (unpaired) electrons. The molecule has 9 nitrogen and oxygen atoms in total. The molecule has 4 aromatic rings. The van der Waals surface area contributed by atoms with E-state index in [4.69, 9.17) is 9.97 Å². The van der Waals surface area contributed by atoms with Crippen molar-refractivity contribution in [2.24, 2.45) is 0 Å². The molecule has 3 aromatic heterocycles. The second-order valence-electron chi connectivity index (χ2n) is 11.4. The van der Waals surface area contributed by atoms with Crippen LogP contribution in [0.15, 0.2) is 55.0 Å². The van der Waals surface area contributed by atoms with Crippen molar-refractivity contribution in [2.75, 3.05) is 61.4 Å². The first-order chi connectivity index (χ1) is 19.6. The van der Waals surface area contributed by atoms with E-state index in [9.17, 15) is 5.11 Å². The summed E-state index contributed by atoms with van der Waals surface area (Å²) in [5.74, 6) is 2.83. The number of piperidine rings is 1. The van der Waals surface area contributed by atoms with Gasteiger partial charge in [0.1, 0.15) is 11.6 Å². The van der Waals surface area contributed by atoms with Crippen molar-refractivity contribution in [1.29, 1.82) is 0 Å². The lowest BCUT2D eigenvalue weighted by Crippen LogP contribution is -2.44. The van der Waals surface area contributed by atoms with Crippen LogP contribution in [-0.4, -0.2) is 82.4 Å². The molecule has 2 N–H and O–H groups in total. The number of aliphatic hydroxyl groups excluding tert-OH is 1. The Hall–Kier alpha value is -3.82. The predicted molar refractivity (Wildman–Crippen MR) is 159 cm³/mol. The third-order valence-corrected chi connectivity index (χ3v) is 8.34. The second kappa shape index (κ2) is 10.6. The number of hydrogen-bond acceptors (Lipinski definition) is 9. The Balaban J connectivity index is 1.21. The molecule has 7 rings (SSSR count). The Bertz CT molecular complexity index is 1510. The van der Waals surface area contributed by atoms with Crippen LogP contribution in [0.2, 0.25) is 0 Å². The third-order valence-electron chi connectivity index (χ3n) is 8.34. The van der Waals surface area contributed by atoms with E-state index in [1.807, 2.05) is 24.5 Å². The lowest BCUT2D eigenvalue weighted by Gasteiger charge is -2.34. The van der Waals surface area contributed by atoms with Crippen LogP contribution < -0.4 is 15.1 Å². The van der Waals surface area contributed by atoms with Crippen LogP contribution in [0.25, 0.3) is 22.3 Å². The topological polar surface area (TPSA) is 93.5 Å². The van der Waals surface area contributed by atoms with E-state index in [1.54, 1.807) is 6.20 Å². The van der Waals surface area contributed by atoms with Crippen LogP contribution in [0.1, 0.15) is 37.2 Å². The standard InChI is InChI=1S/C31H36N8O/c1-37-12-14-38(15-13-37)24-5-2-4-23(17-24)34-28-16-22(9-10-33-28)30-35-27-19-32-18-26(21-7-8-21)29(27)31(36-30)39-11-3-6-25(40)20-39/h2,4-5,9-10,16-19,21,25,40H,3,6-8,11-15,20H2,1H3,(H,33,34). The van der Waals surface area contributed by atoms with Gasteiger partial charge >= 0.3 is 0 Å². The number of anilines is 4. The molecule has 3 aliphatic rings. The molecule has 1 atom stereocenters. The first kappa shape index (κ1) is 25.2. The fraction of sp³-hybridized carbons (Fsp3) is 0.419. The fourth-order valence-electron chi connectivity index (χ4n) is 5.93. The minimum absolute atomic E-state index is 0.341. The summed E-state index contributed by atoms with van der Waals surface area (Å²) in [6.07, 6.45) is 9.43. The number of likely N-dealkylation sites (N-methyl/N-ethyl adjacent to an activating group) is 1. The zero-order valence-electron chi connectivity index (χ0n) is 23.0.